The summed E-state index contributed by atoms with van der Waals surface area (Å²) >= 11 is 1.67. The molecule has 10 heteroatoms. The smallest absolute Gasteiger partial charge is 0.314 e. The Bertz CT molecular complexity index is 846. The molecule has 1 fully saturated rings. The van der Waals surface area contributed by atoms with Gasteiger partial charge in [0.1, 0.15) is 5.84 Å². The van der Waals surface area contributed by atoms with Crippen LogP contribution in [0.25, 0.3) is 6.08 Å². The number of urea groups is 1. The summed E-state index contributed by atoms with van der Waals surface area (Å²) in [4.78, 5) is 37.1. The number of amidine groups is 1. The zero-order chi connectivity index (χ0) is 22.2. The van der Waals surface area contributed by atoms with E-state index < -0.39 is 0 Å². The molecule has 9 nitrogen and oxygen atoms in total. The first-order chi connectivity index (χ1) is 15.0. The van der Waals surface area contributed by atoms with Gasteiger partial charge in [-0.1, -0.05) is 6.92 Å². The van der Waals surface area contributed by atoms with Crippen LogP contribution in [0.2, 0.25) is 0 Å². The second-order valence-electron chi connectivity index (χ2n) is 7.67. The van der Waals surface area contributed by atoms with Gasteiger partial charge in [-0.2, -0.15) is 0 Å². The molecule has 5 N–H and O–H groups in total. The van der Waals surface area contributed by atoms with Gasteiger partial charge in [0.2, 0.25) is 0 Å². The number of nitrogens with one attached hydrogen (secondary N) is 3. The van der Waals surface area contributed by atoms with Crippen LogP contribution in [-0.4, -0.2) is 62.2 Å². The van der Waals surface area contributed by atoms with E-state index in [-0.39, 0.29) is 25.0 Å². The van der Waals surface area contributed by atoms with Crippen LogP contribution in [0.15, 0.2) is 16.6 Å². The number of amides is 3. The van der Waals surface area contributed by atoms with Crippen LogP contribution >= 0.6 is 11.3 Å². The maximum Gasteiger partial charge on any atom is 0.314 e. The summed E-state index contributed by atoms with van der Waals surface area (Å²) in [5.41, 5.74) is 7.51. The SMILES string of the molecule is CCCN(OCCNC(=O)NCC)C(=O)C1=Cc2sc(CC3CNC3)cc2N=C(N)C1. The van der Waals surface area contributed by atoms with Crippen molar-refractivity contribution in [3.8, 4) is 0 Å². The molecule has 1 aromatic heterocycles. The summed E-state index contributed by atoms with van der Waals surface area (Å²) in [6, 6.07) is 1.83. The van der Waals surface area contributed by atoms with Gasteiger partial charge in [-0.3, -0.25) is 9.63 Å². The molecule has 1 aromatic rings. The third-order valence-corrected chi connectivity index (χ3v) is 6.08. The monoisotopic (exact) mass is 448 g/mol. The second-order valence-corrected chi connectivity index (χ2v) is 8.84. The fourth-order valence-corrected chi connectivity index (χ4v) is 4.57. The van der Waals surface area contributed by atoms with Gasteiger partial charge >= 0.3 is 6.03 Å². The Morgan fingerprint density at radius 2 is 2.16 bits per heavy atom. The zero-order valence-corrected chi connectivity index (χ0v) is 19.0. The number of nitrogens with zero attached hydrogens (tertiary/aromatic N) is 2. The van der Waals surface area contributed by atoms with E-state index in [9.17, 15) is 9.59 Å². The number of thiophene rings is 1. The third kappa shape index (κ3) is 6.52. The molecule has 0 aromatic carbocycles. The van der Waals surface area contributed by atoms with Crippen LogP contribution in [-0.2, 0) is 16.1 Å². The van der Waals surface area contributed by atoms with Crippen molar-refractivity contribution in [1.29, 1.82) is 0 Å². The van der Waals surface area contributed by atoms with Crippen LogP contribution in [0.5, 0.6) is 0 Å². The van der Waals surface area contributed by atoms with E-state index in [4.69, 9.17) is 10.6 Å². The van der Waals surface area contributed by atoms with Gasteiger partial charge in [-0.15, -0.1) is 11.3 Å². The Morgan fingerprint density at radius 1 is 1.35 bits per heavy atom. The van der Waals surface area contributed by atoms with E-state index in [0.29, 0.717) is 37.0 Å². The second kappa shape index (κ2) is 11.3. The number of carbonyl (C=O) groups is 2. The maximum absolute atomic E-state index is 13.2. The minimum Gasteiger partial charge on any atom is -0.387 e. The van der Waals surface area contributed by atoms with Gasteiger partial charge in [0.15, 0.2) is 0 Å². The van der Waals surface area contributed by atoms with Gasteiger partial charge in [0, 0.05) is 36.5 Å². The molecule has 0 aliphatic carbocycles. The molecule has 0 saturated carbocycles. The normalized spacial score (nSPS) is 15.8. The first kappa shape index (κ1) is 23.2. The lowest BCUT2D eigenvalue weighted by atomic mass is 9.98. The molecule has 3 rings (SSSR count). The summed E-state index contributed by atoms with van der Waals surface area (Å²) in [5, 5.41) is 9.99. The predicted octanol–water partition coefficient (Wildman–Crippen LogP) is 1.78. The number of hydroxylamine groups is 2. The summed E-state index contributed by atoms with van der Waals surface area (Å²) in [5.74, 6) is 0.863. The van der Waals surface area contributed by atoms with Gasteiger partial charge < -0.3 is 21.7 Å². The average Bonchev–Trinajstić information content (AvgIpc) is 2.99. The molecule has 0 radical (unpaired) electrons. The molecule has 0 spiro atoms. The first-order valence-electron chi connectivity index (χ1n) is 10.8. The highest BCUT2D eigenvalue weighted by Crippen LogP contribution is 2.36. The van der Waals surface area contributed by atoms with Crippen molar-refractivity contribution >= 4 is 40.9 Å². The predicted molar refractivity (Wildman–Crippen MR) is 123 cm³/mol. The molecule has 1 saturated heterocycles. The van der Waals surface area contributed by atoms with Crippen molar-refractivity contribution in [2.24, 2.45) is 16.6 Å². The molecule has 3 amide bonds. The van der Waals surface area contributed by atoms with E-state index in [2.05, 4.69) is 27.0 Å². The molecule has 2 aliphatic rings. The molecule has 31 heavy (non-hydrogen) atoms. The Balaban J connectivity index is 1.66. The quantitative estimate of drug-likeness (QED) is 0.321. The Labute approximate surface area is 187 Å². The highest BCUT2D eigenvalue weighted by molar-refractivity contribution is 7.13. The van der Waals surface area contributed by atoms with E-state index in [0.717, 1.165) is 36.5 Å². The minimum atomic E-state index is -0.256. The van der Waals surface area contributed by atoms with Crippen molar-refractivity contribution in [2.75, 3.05) is 39.3 Å². The van der Waals surface area contributed by atoms with E-state index in [1.165, 1.54) is 9.94 Å². The summed E-state index contributed by atoms with van der Waals surface area (Å²) in [6.45, 7) is 7.42. The molecular formula is C21H32N6O3S. The van der Waals surface area contributed by atoms with Gasteiger partial charge in [-0.05, 0) is 50.9 Å². The summed E-state index contributed by atoms with van der Waals surface area (Å²) < 4.78 is 0. The number of carbonyl (C=O) groups excluding carboxylic acids is 2. The van der Waals surface area contributed by atoms with Crippen molar-refractivity contribution in [3.05, 3.63) is 21.4 Å². The van der Waals surface area contributed by atoms with Gasteiger partial charge in [-0.25, -0.2) is 14.9 Å². The molecule has 0 unspecified atom stereocenters. The minimum absolute atomic E-state index is 0.198. The highest BCUT2D eigenvalue weighted by Gasteiger charge is 2.24. The largest absolute Gasteiger partial charge is 0.387 e. The van der Waals surface area contributed by atoms with Crippen LogP contribution in [0.3, 0.4) is 0 Å². The molecule has 0 atom stereocenters. The maximum atomic E-state index is 13.2. The Kier molecular flexibility index (Phi) is 8.44. The van der Waals surface area contributed by atoms with Crippen LogP contribution < -0.4 is 21.7 Å². The van der Waals surface area contributed by atoms with Crippen LogP contribution in [0, 0.1) is 5.92 Å². The third-order valence-electron chi connectivity index (χ3n) is 4.99. The lowest BCUT2D eigenvalue weighted by molar-refractivity contribution is -0.181. The topological polar surface area (TPSA) is 121 Å². The van der Waals surface area contributed by atoms with Crippen LogP contribution in [0.4, 0.5) is 10.5 Å². The van der Waals surface area contributed by atoms with E-state index in [1.54, 1.807) is 11.3 Å². The van der Waals surface area contributed by atoms with E-state index >= 15 is 0 Å². The molecule has 170 valence electrons. The average molecular weight is 449 g/mol. The zero-order valence-electron chi connectivity index (χ0n) is 18.2. The van der Waals surface area contributed by atoms with Crippen molar-refractivity contribution in [2.45, 2.75) is 33.1 Å². The van der Waals surface area contributed by atoms with Crippen molar-refractivity contribution < 1.29 is 14.4 Å². The fourth-order valence-electron chi connectivity index (χ4n) is 3.38. The van der Waals surface area contributed by atoms with Crippen molar-refractivity contribution in [1.82, 2.24) is 21.0 Å². The Hall–Kier alpha value is -2.43. The lowest BCUT2D eigenvalue weighted by Gasteiger charge is -2.26. The summed E-state index contributed by atoms with van der Waals surface area (Å²) in [7, 11) is 0. The number of hydrogen-bond acceptors (Lipinski definition) is 7. The Morgan fingerprint density at radius 3 is 2.84 bits per heavy atom. The number of hydrogen-bond donors (Lipinski definition) is 4. The van der Waals surface area contributed by atoms with E-state index in [1.807, 2.05) is 19.9 Å². The van der Waals surface area contributed by atoms with Gasteiger partial charge in [0.25, 0.3) is 5.91 Å². The first-order valence-corrected chi connectivity index (χ1v) is 11.6. The van der Waals surface area contributed by atoms with Crippen molar-refractivity contribution in [3.63, 3.8) is 0 Å². The summed E-state index contributed by atoms with van der Waals surface area (Å²) in [6.07, 6.45) is 3.94. The fraction of sp³-hybridized carbons (Fsp3) is 0.571. The lowest BCUT2D eigenvalue weighted by Crippen LogP contribution is -2.42. The highest BCUT2D eigenvalue weighted by atomic mass is 32.1. The molecule has 2 aliphatic heterocycles. The van der Waals surface area contributed by atoms with Crippen LogP contribution in [0.1, 0.15) is 36.4 Å². The number of rotatable bonds is 10. The molecular weight excluding hydrogens is 416 g/mol. The van der Waals surface area contributed by atoms with Gasteiger partial charge in [0.05, 0.1) is 17.2 Å². The number of nitrogens with two attached hydrogens (primary N) is 1. The standard InChI is InChI=1S/C21H32N6O3S/c1-3-6-27(30-7-5-25-21(29)24-4-2)20(28)15-9-18-17(26-19(22)10-15)11-16(31-18)8-14-12-23-13-14/h9,11,14,23H,3-8,10,12-13H2,1-2H3,(H2,22,26)(H2,24,25,29). The molecule has 3 heterocycles. The number of fused-ring (bicyclic) bond motifs is 1. The molecule has 0 bridgehead atoms. The number of aliphatic imine (C=N–C) groups is 1.